The Morgan fingerprint density at radius 2 is 2.10 bits per heavy atom. The van der Waals surface area contributed by atoms with Crippen molar-refractivity contribution in [3.8, 4) is 11.5 Å². The second kappa shape index (κ2) is 6.19. The van der Waals surface area contributed by atoms with Gasteiger partial charge in [0.1, 0.15) is 0 Å². The van der Waals surface area contributed by atoms with E-state index in [-0.39, 0.29) is 17.2 Å². The molecule has 0 aliphatic carbocycles. The minimum Gasteiger partial charge on any atom is -0.446 e. The molecule has 2 rings (SSSR count). The monoisotopic (exact) mass is 355 g/mol. The summed E-state index contributed by atoms with van der Waals surface area (Å²) in [7, 11) is 0. The summed E-state index contributed by atoms with van der Waals surface area (Å²) in [4.78, 5) is 10.4. The Kier molecular flexibility index (Phi) is 4.54. The molecule has 0 saturated carbocycles. The van der Waals surface area contributed by atoms with Crippen LogP contribution in [0.2, 0.25) is 0 Å². The first-order chi connectivity index (χ1) is 9.90. The number of nitro groups is 1. The third-order valence-electron chi connectivity index (χ3n) is 2.79. The normalized spacial score (nSPS) is 12.0. The van der Waals surface area contributed by atoms with Crippen LogP contribution < -0.4 is 4.74 Å². The van der Waals surface area contributed by atoms with Crippen molar-refractivity contribution >= 4 is 21.6 Å². The molecule has 0 saturated heterocycles. The predicted octanol–water partition coefficient (Wildman–Crippen LogP) is 4.34. The maximum Gasteiger partial charge on any atom is 0.312 e. The number of benzene rings is 2. The Hall–Kier alpha value is -1.99. The Labute approximate surface area is 128 Å². The molecular weight excluding hydrogens is 345 g/mol. The number of halogens is 2. The maximum atomic E-state index is 13.9. The van der Waals surface area contributed by atoms with Gasteiger partial charge in [-0.3, -0.25) is 10.1 Å². The fourth-order valence-electron chi connectivity index (χ4n) is 1.71. The zero-order valence-corrected chi connectivity index (χ0v) is 12.5. The van der Waals surface area contributed by atoms with Gasteiger partial charge in [0.05, 0.1) is 15.5 Å². The van der Waals surface area contributed by atoms with E-state index in [4.69, 9.17) is 4.74 Å². The Morgan fingerprint density at radius 3 is 2.67 bits per heavy atom. The van der Waals surface area contributed by atoms with Crippen LogP contribution in [0, 0.1) is 15.9 Å². The molecule has 0 unspecified atom stereocenters. The first kappa shape index (κ1) is 15.4. The van der Waals surface area contributed by atoms with Gasteiger partial charge in [-0.25, -0.2) is 4.39 Å². The number of aliphatic hydroxyl groups is 1. The molecule has 2 aromatic rings. The molecular formula is C14H11BrFNO4. The van der Waals surface area contributed by atoms with Crippen molar-refractivity contribution in [1.29, 1.82) is 0 Å². The highest BCUT2D eigenvalue weighted by Gasteiger charge is 2.20. The topological polar surface area (TPSA) is 72.6 Å². The van der Waals surface area contributed by atoms with Crippen molar-refractivity contribution in [3.63, 3.8) is 0 Å². The zero-order chi connectivity index (χ0) is 15.6. The second-order valence-electron chi connectivity index (χ2n) is 4.31. The van der Waals surface area contributed by atoms with Crippen molar-refractivity contribution in [2.45, 2.75) is 13.0 Å². The molecule has 0 aromatic heterocycles. The van der Waals surface area contributed by atoms with Gasteiger partial charge >= 0.3 is 5.69 Å². The molecule has 1 N–H and O–H groups in total. The van der Waals surface area contributed by atoms with E-state index in [1.165, 1.54) is 31.2 Å². The predicted molar refractivity (Wildman–Crippen MR) is 77.9 cm³/mol. The molecule has 5 nitrogen and oxygen atoms in total. The smallest absolute Gasteiger partial charge is 0.312 e. The van der Waals surface area contributed by atoms with E-state index in [9.17, 15) is 19.6 Å². The second-order valence-corrected chi connectivity index (χ2v) is 5.17. The Morgan fingerprint density at radius 1 is 1.38 bits per heavy atom. The minimum atomic E-state index is -0.814. The molecule has 0 bridgehead atoms. The van der Waals surface area contributed by atoms with Crippen molar-refractivity contribution in [1.82, 2.24) is 0 Å². The van der Waals surface area contributed by atoms with Crippen molar-refractivity contribution in [2.75, 3.05) is 0 Å². The first-order valence-electron chi connectivity index (χ1n) is 5.98. The van der Waals surface area contributed by atoms with Gasteiger partial charge in [0.15, 0.2) is 11.6 Å². The molecule has 110 valence electrons. The molecule has 2 aromatic carbocycles. The van der Waals surface area contributed by atoms with Crippen molar-refractivity contribution in [3.05, 3.63) is 62.4 Å². The summed E-state index contributed by atoms with van der Waals surface area (Å²) >= 11 is 3.14. The lowest BCUT2D eigenvalue weighted by atomic mass is 10.1. The van der Waals surface area contributed by atoms with Gasteiger partial charge in [0.25, 0.3) is 0 Å². The Balaban J connectivity index is 2.41. The molecule has 0 aliphatic heterocycles. The van der Waals surface area contributed by atoms with Gasteiger partial charge in [0, 0.05) is 6.07 Å². The maximum absolute atomic E-state index is 13.9. The van der Waals surface area contributed by atoms with E-state index in [1.54, 1.807) is 6.07 Å². The molecule has 1 atom stereocenters. The summed E-state index contributed by atoms with van der Waals surface area (Å²) < 4.78 is 19.6. The lowest BCUT2D eigenvalue weighted by molar-refractivity contribution is -0.385. The quantitative estimate of drug-likeness (QED) is 0.653. The number of hydrogen-bond donors (Lipinski definition) is 1. The molecule has 0 spiro atoms. The van der Waals surface area contributed by atoms with E-state index in [0.717, 1.165) is 6.07 Å². The Bertz CT molecular complexity index is 691. The van der Waals surface area contributed by atoms with Gasteiger partial charge in [0.2, 0.25) is 5.75 Å². The number of aliphatic hydroxyl groups excluding tert-OH is 1. The molecule has 0 amide bonds. The standard InChI is InChI=1S/C14H11BrFNO4/c1-8(18)9-5-6-13(11(16)7-9)21-14-10(15)3-2-4-12(14)17(19)20/h2-8,18H,1H3/t8-/m1/s1. The number of hydrogen-bond acceptors (Lipinski definition) is 4. The van der Waals surface area contributed by atoms with Gasteiger partial charge in [-0.05, 0) is 46.6 Å². The van der Waals surface area contributed by atoms with E-state index < -0.39 is 16.8 Å². The lowest BCUT2D eigenvalue weighted by Crippen LogP contribution is -1.97. The van der Waals surface area contributed by atoms with E-state index in [1.807, 2.05) is 0 Å². The van der Waals surface area contributed by atoms with Gasteiger partial charge in [-0.2, -0.15) is 0 Å². The summed E-state index contributed by atoms with van der Waals surface area (Å²) in [6, 6.07) is 8.25. The molecule has 21 heavy (non-hydrogen) atoms. The van der Waals surface area contributed by atoms with Crippen LogP contribution in [0.1, 0.15) is 18.6 Å². The third-order valence-corrected chi connectivity index (χ3v) is 3.42. The minimum absolute atomic E-state index is 0.0776. The summed E-state index contributed by atoms with van der Waals surface area (Å²) in [5.74, 6) is -0.945. The molecule has 0 fully saturated rings. The molecule has 0 radical (unpaired) electrons. The molecule has 0 heterocycles. The van der Waals surface area contributed by atoms with Crippen LogP contribution in [-0.2, 0) is 0 Å². The van der Waals surface area contributed by atoms with Crippen LogP contribution in [-0.4, -0.2) is 10.0 Å². The van der Waals surface area contributed by atoms with Crippen molar-refractivity contribution in [2.24, 2.45) is 0 Å². The number of para-hydroxylation sites is 1. The van der Waals surface area contributed by atoms with Crippen LogP contribution in [0.15, 0.2) is 40.9 Å². The van der Waals surface area contributed by atoms with Crippen LogP contribution in [0.3, 0.4) is 0 Å². The van der Waals surface area contributed by atoms with Crippen LogP contribution in [0.5, 0.6) is 11.5 Å². The van der Waals surface area contributed by atoms with Gasteiger partial charge in [-0.15, -0.1) is 0 Å². The van der Waals surface area contributed by atoms with Gasteiger partial charge < -0.3 is 9.84 Å². The fraction of sp³-hybridized carbons (Fsp3) is 0.143. The summed E-state index contributed by atoms with van der Waals surface area (Å²) in [6.07, 6.45) is -0.814. The third kappa shape index (κ3) is 3.37. The SMILES string of the molecule is C[C@@H](O)c1ccc(Oc2c(Br)cccc2[N+](=O)[O-])c(F)c1. The van der Waals surface area contributed by atoms with Crippen LogP contribution in [0.4, 0.5) is 10.1 Å². The highest BCUT2D eigenvalue weighted by molar-refractivity contribution is 9.10. The highest BCUT2D eigenvalue weighted by atomic mass is 79.9. The summed E-state index contributed by atoms with van der Waals surface area (Å²) in [6.45, 7) is 1.51. The number of ether oxygens (including phenoxy) is 1. The van der Waals surface area contributed by atoms with E-state index in [0.29, 0.717) is 10.0 Å². The molecule has 7 heteroatoms. The van der Waals surface area contributed by atoms with Gasteiger partial charge in [-0.1, -0.05) is 12.1 Å². The first-order valence-corrected chi connectivity index (χ1v) is 6.77. The van der Waals surface area contributed by atoms with E-state index >= 15 is 0 Å². The number of rotatable bonds is 4. The zero-order valence-electron chi connectivity index (χ0n) is 10.9. The highest BCUT2D eigenvalue weighted by Crippen LogP contribution is 2.38. The number of nitro benzene ring substituents is 1. The fourth-order valence-corrected chi connectivity index (χ4v) is 2.15. The lowest BCUT2D eigenvalue weighted by Gasteiger charge is -2.11. The summed E-state index contributed by atoms with van der Waals surface area (Å²) in [5, 5.41) is 20.4. The molecule has 0 aliphatic rings. The van der Waals surface area contributed by atoms with E-state index in [2.05, 4.69) is 15.9 Å². The summed E-state index contributed by atoms with van der Waals surface area (Å²) in [5.41, 5.74) is 0.116. The largest absolute Gasteiger partial charge is 0.446 e. The van der Waals surface area contributed by atoms with Crippen LogP contribution >= 0.6 is 15.9 Å². The number of nitrogens with zero attached hydrogens (tertiary/aromatic N) is 1. The van der Waals surface area contributed by atoms with Crippen LogP contribution in [0.25, 0.3) is 0 Å². The van der Waals surface area contributed by atoms with Crippen molar-refractivity contribution < 1.29 is 19.2 Å². The average Bonchev–Trinajstić information content (AvgIpc) is 2.42. The average molecular weight is 356 g/mol.